The summed E-state index contributed by atoms with van der Waals surface area (Å²) in [6, 6.07) is 14.8. The van der Waals surface area contributed by atoms with Gasteiger partial charge in [-0.15, -0.1) is 0 Å². The lowest BCUT2D eigenvalue weighted by atomic mass is 9.88. The Labute approximate surface area is 157 Å². The third kappa shape index (κ3) is 4.08. The highest BCUT2D eigenvalue weighted by Gasteiger charge is 2.40. The number of ether oxygens (including phenoxy) is 2. The average Bonchev–Trinajstić information content (AvgIpc) is 3.10. The Kier molecular flexibility index (Phi) is 5.71. The Morgan fingerprint density at radius 2 is 1.96 bits per heavy atom. The molecule has 140 valence electrons. The average molecular weight is 367 g/mol. The molecule has 3 rings (SSSR count). The van der Waals surface area contributed by atoms with Crippen molar-refractivity contribution < 1.29 is 19.1 Å². The summed E-state index contributed by atoms with van der Waals surface area (Å²) in [6.07, 6.45) is 1.46. The van der Waals surface area contributed by atoms with Gasteiger partial charge in [-0.05, 0) is 23.8 Å². The lowest BCUT2D eigenvalue weighted by molar-refractivity contribution is -0.133. The molecule has 7 heteroatoms. The van der Waals surface area contributed by atoms with Crippen LogP contribution in [0.4, 0.5) is 0 Å². The highest BCUT2D eigenvalue weighted by molar-refractivity contribution is 6.03. The molecule has 0 spiro atoms. The quantitative estimate of drug-likeness (QED) is 0.462. The lowest BCUT2D eigenvalue weighted by Crippen LogP contribution is -2.34. The standard InChI is InChI=1S/C20H21N3O4/c1-26-15-8-9-17(27-2)14(10-15)11-22-23-20(25)18-16(12-21-19(18)24)13-6-4-3-5-7-13/h3-11,16,18H,12H2,1-2H3,(H,21,24)(H,23,25)/b22-11+/t16-,18+/m1/s1. The molecule has 0 aromatic heterocycles. The molecular weight excluding hydrogens is 346 g/mol. The van der Waals surface area contributed by atoms with Crippen LogP contribution in [0.25, 0.3) is 0 Å². The topological polar surface area (TPSA) is 89.0 Å². The summed E-state index contributed by atoms with van der Waals surface area (Å²) >= 11 is 0. The molecular formula is C20H21N3O4. The van der Waals surface area contributed by atoms with Crippen molar-refractivity contribution in [3.05, 3.63) is 59.7 Å². The van der Waals surface area contributed by atoms with Crippen molar-refractivity contribution in [2.75, 3.05) is 20.8 Å². The van der Waals surface area contributed by atoms with E-state index in [-0.39, 0.29) is 11.8 Å². The molecule has 2 aromatic rings. The number of amides is 2. The summed E-state index contributed by atoms with van der Waals surface area (Å²) in [5.74, 6) is -0.554. The van der Waals surface area contributed by atoms with Gasteiger partial charge in [0.2, 0.25) is 5.91 Å². The minimum atomic E-state index is -0.822. The molecule has 27 heavy (non-hydrogen) atoms. The maximum absolute atomic E-state index is 12.6. The molecule has 0 bridgehead atoms. The van der Waals surface area contributed by atoms with E-state index in [4.69, 9.17) is 9.47 Å². The van der Waals surface area contributed by atoms with E-state index in [9.17, 15) is 9.59 Å². The zero-order valence-electron chi connectivity index (χ0n) is 15.1. The van der Waals surface area contributed by atoms with Crippen molar-refractivity contribution in [3.63, 3.8) is 0 Å². The monoisotopic (exact) mass is 367 g/mol. The van der Waals surface area contributed by atoms with Crippen LogP contribution in [0.1, 0.15) is 17.0 Å². The van der Waals surface area contributed by atoms with E-state index in [2.05, 4.69) is 15.8 Å². The summed E-state index contributed by atoms with van der Waals surface area (Å²) in [5.41, 5.74) is 4.05. The zero-order chi connectivity index (χ0) is 19.2. The number of hydrogen-bond donors (Lipinski definition) is 2. The second-order valence-electron chi connectivity index (χ2n) is 6.08. The first-order chi connectivity index (χ1) is 13.1. The molecule has 0 unspecified atom stereocenters. The zero-order valence-corrected chi connectivity index (χ0v) is 15.1. The van der Waals surface area contributed by atoms with E-state index in [0.29, 0.717) is 23.6 Å². The minimum Gasteiger partial charge on any atom is -0.497 e. The van der Waals surface area contributed by atoms with Crippen molar-refractivity contribution in [3.8, 4) is 11.5 Å². The van der Waals surface area contributed by atoms with Crippen LogP contribution in [0.2, 0.25) is 0 Å². The number of nitrogens with one attached hydrogen (secondary N) is 2. The summed E-state index contributed by atoms with van der Waals surface area (Å²) in [5, 5.41) is 6.74. The summed E-state index contributed by atoms with van der Waals surface area (Å²) < 4.78 is 10.5. The van der Waals surface area contributed by atoms with Crippen LogP contribution < -0.4 is 20.2 Å². The number of nitrogens with zero attached hydrogens (tertiary/aromatic N) is 1. The highest BCUT2D eigenvalue weighted by atomic mass is 16.5. The number of hydrazone groups is 1. The summed E-state index contributed by atoms with van der Waals surface area (Å²) in [4.78, 5) is 24.7. The van der Waals surface area contributed by atoms with E-state index >= 15 is 0 Å². The van der Waals surface area contributed by atoms with Crippen LogP contribution >= 0.6 is 0 Å². The fraction of sp³-hybridized carbons (Fsp3) is 0.250. The van der Waals surface area contributed by atoms with Gasteiger partial charge in [-0.3, -0.25) is 9.59 Å². The van der Waals surface area contributed by atoms with E-state index in [1.54, 1.807) is 32.4 Å². The van der Waals surface area contributed by atoms with Crippen molar-refractivity contribution in [2.45, 2.75) is 5.92 Å². The Balaban J connectivity index is 1.73. The van der Waals surface area contributed by atoms with Crippen LogP contribution in [0.15, 0.2) is 53.6 Å². The van der Waals surface area contributed by atoms with Crippen molar-refractivity contribution in [2.24, 2.45) is 11.0 Å². The number of benzene rings is 2. The molecule has 1 saturated heterocycles. The van der Waals surface area contributed by atoms with E-state index in [1.807, 2.05) is 30.3 Å². The maximum atomic E-state index is 12.6. The van der Waals surface area contributed by atoms with Crippen LogP contribution in [0.5, 0.6) is 11.5 Å². The third-order valence-electron chi connectivity index (χ3n) is 4.51. The molecule has 2 aromatic carbocycles. The number of carbonyl (C=O) groups excluding carboxylic acids is 2. The Morgan fingerprint density at radius 3 is 2.67 bits per heavy atom. The van der Waals surface area contributed by atoms with Gasteiger partial charge in [-0.1, -0.05) is 30.3 Å². The second kappa shape index (κ2) is 8.35. The van der Waals surface area contributed by atoms with Crippen molar-refractivity contribution in [1.82, 2.24) is 10.7 Å². The van der Waals surface area contributed by atoms with Gasteiger partial charge in [0.1, 0.15) is 17.4 Å². The van der Waals surface area contributed by atoms with Gasteiger partial charge in [0.05, 0.1) is 20.4 Å². The lowest BCUT2D eigenvalue weighted by Gasteiger charge is -2.15. The Bertz CT molecular complexity index is 852. The van der Waals surface area contributed by atoms with E-state index in [0.717, 1.165) is 5.56 Å². The highest BCUT2D eigenvalue weighted by Crippen LogP contribution is 2.29. The first-order valence-electron chi connectivity index (χ1n) is 8.51. The van der Waals surface area contributed by atoms with Crippen LogP contribution in [-0.2, 0) is 9.59 Å². The number of hydrogen-bond acceptors (Lipinski definition) is 5. The van der Waals surface area contributed by atoms with Crippen LogP contribution in [0, 0.1) is 5.92 Å². The van der Waals surface area contributed by atoms with Crippen LogP contribution in [-0.4, -0.2) is 38.8 Å². The van der Waals surface area contributed by atoms with Crippen molar-refractivity contribution in [1.29, 1.82) is 0 Å². The molecule has 1 aliphatic rings. The SMILES string of the molecule is COc1ccc(OC)c(/C=N/NC(=O)[C@@H]2C(=O)NC[C@@H]2c2ccccc2)c1. The van der Waals surface area contributed by atoms with E-state index < -0.39 is 11.8 Å². The van der Waals surface area contributed by atoms with Gasteiger partial charge in [-0.2, -0.15) is 5.10 Å². The predicted octanol–water partition coefficient (Wildman–Crippen LogP) is 1.68. The fourth-order valence-electron chi connectivity index (χ4n) is 3.11. The second-order valence-corrected chi connectivity index (χ2v) is 6.08. The summed E-state index contributed by atoms with van der Waals surface area (Å²) in [6.45, 7) is 0.425. The largest absolute Gasteiger partial charge is 0.497 e. The Morgan fingerprint density at radius 1 is 1.19 bits per heavy atom. The van der Waals surface area contributed by atoms with Gasteiger partial charge in [0.25, 0.3) is 5.91 Å². The van der Waals surface area contributed by atoms with Gasteiger partial charge in [-0.25, -0.2) is 5.43 Å². The van der Waals surface area contributed by atoms with Gasteiger partial charge >= 0.3 is 0 Å². The predicted molar refractivity (Wildman–Crippen MR) is 101 cm³/mol. The van der Waals surface area contributed by atoms with Crippen LogP contribution in [0.3, 0.4) is 0 Å². The van der Waals surface area contributed by atoms with Gasteiger partial charge < -0.3 is 14.8 Å². The molecule has 2 N–H and O–H groups in total. The molecule has 1 fully saturated rings. The number of carbonyl (C=O) groups is 2. The molecule has 1 aliphatic heterocycles. The first-order valence-corrected chi connectivity index (χ1v) is 8.51. The smallest absolute Gasteiger partial charge is 0.253 e. The normalized spacial score (nSPS) is 19.0. The minimum absolute atomic E-state index is 0.222. The summed E-state index contributed by atoms with van der Waals surface area (Å²) in [7, 11) is 3.11. The first kappa shape index (κ1) is 18.4. The maximum Gasteiger partial charge on any atom is 0.253 e. The fourth-order valence-corrected chi connectivity index (χ4v) is 3.11. The number of methoxy groups -OCH3 is 2. The van der Waals surface area contributed by atoms with Gasteiger partial charge in [0, 0.05) is 18.0 Å². The molecule has 2 atom stereocenters. The molecule has 0 saturated carbocycles. The number of rotatable bonds is 6. The molecule has 2 amide bonds. The van der Waals surface area contributed by atoms with Gasteiger partial charge in [0.15, 0.2) is 0 Å². The molecule has 7 nitrogen and oxygen atoms in total. The Hall–Kier alpha value is -3.35. The molecule has 1 heterocycles. The van der Waals surface area contributed by atoms with E-state index in [1.165, 1.54) is 6.21 Å². The molecule has 0 radical (unpaired) electrons. The third-order valence-corrected chi connectivity index (χ3v) is 4.51. The van der Waals surface area contributed by atoms with Crippen molar-refractivity contribution >= 4 is 18.0 Å². The molecule has 0 aliphatic carbocycles.